The Kier molecular flexibility index (Phi) is 6.63. The van der Waals surface area contributed by atoms with Gasteiger partial charge in [-0.25, -0.2) is 0 Å². The lowest BCUT2D eigenvalue weighted by Crippen LogP contribution is -2.41. The Labute approximate surface area is 173 Å². The molecule has 2 amide bonds. The Bertz CT molecular complexity index is 1010. The van der Waals surface area contributed by atoms with Gasteiger partial charge in [-0.3, -0.25) is 20.4 Å². The van der Waals surface area contributed by atoms with Crippen LogP contribution in [0.4, 0.5) is 0 Å². The van der Waals surface area contributed by atoms with E-state index in [1.54, 1.807) is 6.07 Å². The molecule has 30 heavy (non-hydrogen) atoms. The van der Waals surface area contributed by atoms with Crippen LogP contribution in [0.5, 0.6) is 11.5 Å². The molecule has 0 saturated carbocycles. The second-order valence-electron chi connectivity index (χ2n) is 6.48. The monoisotopic (exact) mass is 410 g/mol. The van der Waals surface area contributed by atoms with Gasteiger partial charge in [0, 0.05) is 30.0 Å². The highest BCUT2D eigenvalue weighted by Gasteiger charge is 2.13. The largest absolute Gasteiger partial charge is 0.497 e. The van der Waals surface area contributed by atoms with E-state index in [9.17, 15) is 9.59 Å². The van der Waals surface area contributed by atoms with Crippen LogP contribution in [0.25, 0.3) is 11.4 Å². The summed E-state index contributed by atoms with van der Waals surface area (Å²) in [6.45, 7) is 1.99. The molecular formula is C21H22N4O5. The summed E-state index contributed by atoms with van der Waals surface area (Å²) >= 11 is 0. The molecule has 3 rings (SSSR count). The maximum absolute atomic E-state index is 12.3. The van der Waals surface area contributed by atoms with E-state index >= 15 is 0 Å². The van der Waals surface area contributed by atoms with Gasteiger partial charge < -0.3 is 14.0 Å². The van der Waals surface area contributed by atoms with Crippen molar-refractivity contribution in [2.75, 3.05) is 14.2 Å². The van der Waals surface area contributed by atoms with Crippen LogP contribution in [0.15, 0.2) is 47.0 Å². The van der Waals surface area contributed by atoms with Gasteiger partial charge in [-0.2, -0.15) is 4.98 Å². The first kappa shape index (κ1) is 20.8. The van der Waals surface area contributed by atoms with Crippen LogP contribution in [0.2, 0.25) is 0 Å². The summed E-state index contributed by atoms with van der Waals surface area (Å²) in [4.78, 5) is 28.6. The molecule has 0 aliphatic rings. The lowest BCUT2D eigenvalue weighted by molar-refractivity contribution is -0.121. The maximum atomic E-state index is 12.3. The van der Waals surface area contributed by atoms with Gasteiger partial charge in [0.1, 0.15) is 11.5 Å². The predicted molar refractivity (Wildman–Crippen MR) is 108 cm³/mol. The second-order valence-corrected chi connectivity index (χ2v) is 6.48. The molecule has 1 aromatic heterocycles. The standard InChI is InChI=1S/C21H22N4O5/c1-13-4-6-14(7-5-13)20-22-19(30-25-20)9-8-18(26)23-24-21(27)15-10-16(28-2)12-17(11-15)29-3/h4-7,10-12H,8-9H2,1-3H3,(H,23,26)(H,24,27). The van der Waals surface area contributed by atoms with Crippen molar-refractivity contribution in [3.8, 4) is 22.9 Å². The fourth-order valence-corrected chi connectivity index (χ4v) is 2.60. The normalized spacial score (nSPS) is 10.4. The molecule has 2 aromatic carbocycles. The van der Waals surface area contributed by atoms with Crippen LogP contribution >= 0.6 is 0 Å². The molecule has 0 atom stereocenters. The second kappa shape index (κ2) is 9.55. The topological polar surface area (TPSA) is 116 Å². The van der Waals surface area contributed by atoms with Crippen LogP contribution in [-0.4, -0.2) is 36.2 Å². The molecule has 0 saturated heterocycles. The number of rotatable bonds is 7. The van der Waals surface area contributed by atoms with Gasteiger partial charge in [0.25, 0.3) is 5.91 Å². The zero-order chi connectivity index (χ0) is 21.5. The van der Waals surface area contributed by atoms with E-state index in [-0.39, 0.29) is 18.4 Å². The highest BCUT2D eigenvalue weighted by molar-refractivity contribution is 5.96. The molecule has 0 fully saturated rings. The van der Waals surface area contributed by atoms with Crippen molar-refractivity contribution in [1.29, 1.82) is 0 Å². The Morgan fingerprint density at radius 3 is 2.30 bits per heavy atom. The van der Waals surface area contributed by atoms with E-state index in [0.29, 0.717) is 23.2 Å². The molecule has 0 radical (unpaired) electrons. The van der Waals surface area contributed by atoms with Crippen LogP contribution in [0.1, 0.15) is 28.2 Å². The number of aryl methyl sites for hydroxylation is 2. The summed E-state index contributed by atoms with van der Waals surface area (Å²) in [6.07, 6.45) is 0.310. The van der Waals surface area contributed by atoms with Gasteiger partial charge in [-0.15, -0.1) is 0 Å². The van der Waals surface area contributed by atoms with Gasteiger partial charge in [-0.05, 0) is 19.1 Å². The molecule has 0 unspecified atom stereocenters. The summed E-state index contributed by atoms with van der Waals surface area (Å²) in [6, 6.07) is 12.4. The lowest BCUT2D eigenvalue weighted by Gasteiger charge is -2.10. The average Bonchev–Trinajstić information content (AvgIpc) is 3.25. The van der Waals surface area contributed by atoms with Crippen molar-refractivity contribution >= 4 is 11.8 Å². The minimum absolute atomic E-state index is 0.0667. The molecule has 1 heterocycles. The summed E-state index contributed by atoms with van der Waals surface area (Å²) in [5.41, 5.74) is 6.97. The van der Waals surface area contributed by atoms with Gasteiger partial charge in [-0.1, -0.05) is 35.0 Å². The molecule has 0 bridgehead atoms. The van der Waals surface area contributed by atoms with Crippen molar-refractivity contribution in [3.05, 3.63) is 59.5 Å². The quantitative estimate of drug-likeness (QED) is 0.575. The number of methoxy groups -OCH3 is 2. The fraction of sp³-hybridized carbons (Fsp3) is 0.238. The first-order valence-electron chi connectivity index (χ1n) is 9.20. The van der Waals surface area contributed by atoms with Crippen molar-refractivity contribution < 1.29 is 23.6 Å². The first-order valence-corrected chi connectivity index (χ1v) is 9.20. The number of carbonyl (C=O) groups is 2. The summed E-state index contributed by atoms with van der Waals surface area (Å²) in [5.74, 6) is 0.835. The van der Waals surface area contributed by atoms with Crippen molar-refractivity contribution in [2.45, 2.75) is 19.8 Å². The number of nitrogens with one attached hydrogen (secondary N) is 2. The summed E-state index contributed by atoms with van der Waals surface area (Å²) < 4.78 is 15.4. The smallest absolute Gasteiger partial charge is 0.269 e. The number of carbonyl (C=O) groups excluding carboxylic acids is 2. The van der Waals surface area contributed by atoms with E-state index in [2.05, 4.69) is 21.0 Å². The first-order chi connectivity index (χ1) is 14.5. The Morgan fingerprint density at radius 1 is 1.00 bits per heavy atom. The third kappa shape index (κ3) is 5.34. The summed E-state index contributed by atoms with van der Waals surface area (Å²) in [5, 5.41) is 3.93. The number of hydrogen-bond acceptors (Lipinski definition) is 7. The number of hydrazine groups is 1. The van der Waals surface area contributed by atoms with Crippen LogP contribution < -0.4 is 20.3 Å². The molecule has 9 nitrogen and oxygen atoms in total. The van der Waals surface area contributed by atoms with E-state index < -0.39 is 11.8 Å². The van der Waals surface area contributed by atoms with Crippen molar-refractivity contribution in [3.63, 3.8) is 0 Å². The third-order valence-corrected chi connectivity index (χ3v) is 4.27. The highest BCUT2D eigenvalue weighted by Crippen LogP contribution is 2.22. The molecule has 0 spiro atoms. The number of nitrogens with zero attached hydrogens (tertiary/aromatic N) is 2. The molecule has 2 N–H and O–H groups in total. The molecule has 9 heteroatoms. The SMILES string of the molecule is COc1cc(OC)cc(C(=O)NNC(=O)CCc2nc(-c3ccc(C)cc3)no2)c1. The third-order valence-electron chi connectivity index (χ3n) is 4.27. The van der Waals surface area contributed by atoms with E-state index in [1.807, 2.05) is 31.2 Å². The lowest BCUT2D eigenvalue weighted by atomic mass is 10.1. The maximum Gasteiger partial charge on any atom is 0.269 e. The van der Waals surface area contributed by atoms with Gasteiger partial charge in [0.05, 0.1) is 14.2 Å². The van der Waals surface area contributed by atoms with Gasteiger partial charge in [0.15, 0.2) is 0 Å². The Morgan fingerprint density at radius 2 is 1.67 bits per heavy atom. The fourth-order valence-electron chi connectivity index (χ4n) is 2.60. The molecular weight excluding hydrogens is 388 g/mol. The number of ether oxygens (including phenoxy) is 2. The zero-order valence-electron chi connectivity index (χ0n) is 16.9. The number of aromatic nitrogens is 2. The molecule has 0 aliphatic carbocycles. The average molecular weight is 410 g/mol. The minimum Gasteiger partial charge on any atom is -0.497 e. The van der Waals surface area contributed by atoms with Gasteiger partial charge >= 0.3 is 0 Å². The molecule has 156 valence electrons. The zero-order valence-corrected chi connectivity index (χ0v) is 16.9. The Balaban J connectivity index is 1.51. The van der Waals surface area contributed by atoms with Gasteiger partial charge in [0.2, 0.25) is 17.6 Å². The minimum atomic E-state index is -0.500. The molecule has 3 aromatic rings. The van der Waals surface area contributed by atoms with Crippen LogP contribution in [0.3, 0.4) is 0 Å². The van der Waals surface area contributed by atoms with Crippen molar-refractivity contribution in [1.82, 2.24) is 21.0 Å². The van der Waals surface area contributed by atoms with E-state index in [0.717, 1.165) is 11.1 Å². The van der Waals surface area contributed by atoms with Crippen molar-refractivity contribution in [2.24, 2.45) is 0 Å². The predicted octanol–water partition coefficient (Wildman–Crippen LogP) is 2.46. The van der Waals surface area contributed by atoms with Crippen LogP contribution in [-0.2, 0) is 11.2 Å². The summed E-state index contributed by atoms with van der Waals surface area (Å²) in [7, 11) is 2.97. The number of amides is 2. The van der Waals surface area contributed by atoms with E-state index in [4.69, 9.17) is 14.0 Å². The van der Waals surface area contributed by atoms with E-state index in [1.165, 1.54) is 26.4 Å². The number of benzene rings is 2. The van der Waals surface area contributed by atoms with Crippen LogP contribution in [0, 0.1) is 6.92 Å². The Hall–Kier alpha value is -3.88. The number of hydrogen-bond donors (Lipinski definition) is 2. The highest BCUT2D eigenvalue weighted by atomic mass is 16.5. The molecule has 0 aliphatic heterocycles.